The standard InChI is InChI=1S/C19H20ClF3N2O3/c1-4-27-18(26)8-7-15-10-17(28-12(2)3)24-25(15)11-13-5-6-14(9-16(13)20)19(21,22)23/h5-10,12H,4,11H2,1-3H3/b8-7+. The smallest absolute Gasteiger partial charge is 0.416 e. The van der Waals surface area contributed by atoms with Crippen LogP contribution in [0, 0.1) is 0 Å². The van der Waals surface area contributed by atoms with Gasteiger partial charge in [0.05, 0.1) is 30.5 Å². The number of nitrogens with zero attached hydrogens (tertiary/aromatic N) is 2. The SMILES string of the molecule is CCOC(=O)/C=C/c1cc(OC(C)C)nn1Cc1ccc(C(F)(F)F)cc1Cl. The van der Waals surface area contributed by atoms with Crippen LogP contribution in [0.2, 0.25) is 5.02 Å². The fraction of sp³-hybridized carbons (Fsp3) is 0.368. The summed E-state index contributed by atoms with van der Waals surface area (Å²) in [5, 5.41) is 4.26. The van der Waals surface area contributed by atoms with Gasteiger partial charge in [0.1, 0.15) is 0 Å². The largest absolute Gasteiger partial charge is 0.474 e. The Morgan fingerprint density at radius 2 is 2.04 bits per heavy atom. The Balaban J connectivity index is 2.32. The highest BCUT2D eigenvalue weighted by Crippen LogP contribution is 2.32. The minimum absolute atomic E-state index is 0.0306. The van der Waals surface area contributed by atoms with E-state index >= 15 is 0 Å². The highest BCUT2D eigenvalue weighted by Gasteiger charge is 2.30. The first-order valence-electron chi connectivity index (χ1n) is 8.55. The van der Waals surface area contributed by atoms with Crippen molar-refractivity contribution in [1.82, 2.24) is 9.78 Å². The van der Waals surface area contributed by atoms with Gasteiger partial charge in [-0.05, 0) is 44.5 Å². The predicted molar refractivity (Wildman–Crippen MR) is 99.2 cm³/mol. The summed E-state index contributed by atoms with van der Waals surface area (Å²) in [6.45, 7) is 5.70. The number of hydrogen-bond donors (Lipinski definition) is 0. The normalized spacial score (nSPS) is 12.0. The molecule has 0 N–H and O–H groups in total. The number of ether oxygens (including phenoxy) is 2. The van der Waals surface area contributed by atoms with Crippen LogP contribution in [0.15, 0.2) is 30.3 Å². The molecule has 1 aromatic heterocycles. The average Bonchev–Trinajstić information content (AvgIpc) is 2.94. The quantitative estimate of drug-likeness (QED) is 0.472. The molecule has 0 atom stereocenters. The second kappa shape index (κ2) is 9.14. The Bertz CT molecular complexity index is 861. The fourth-order valence-corrected chi connectivity index (χ4v) is 2.56. The number of rotatable bonds is 7. The highest BCUT2D eigenvalue weighted by atomic mass is 35.5. The molecular formula is C19H20ClF3N2O3. The molecule has 28 heavy (non-hydrogen) atoms. The van der Waals surface area contributed by atoms with E-state index in [2.05, 4.69) is 5.10 Å². The molecule has 2 rings (SSSR count). The van der Waals surface area contributed by atoms with E-state index < -0.39 is 17.7 Å². The maximum absolute atomic E-state index is 12.8. The van der Waals surface area contributed by atoms with E-state index in [1.54, 1.807) is 13.0 Å². The molecule has 0 aliphatic rings. The second-order valence-electron chi connectivity index (χ2n) is 6.12. The first-order valence-corrected chi connectivity index (χ1v) is 8.93. The van der Waals surface area contributed by atoms with E-state index in [4.69, 9.17) is 21.1 Å². The Labute approximate surface area is 165 Å². The van der Waals surface area contributed by atoms with E-state index in [1.165, 1.54) is 22.9 Å². The number of benzene rings is 1. The van der Waals surface area contributed by atoms with Crippen molar-refractivity contribution in [3.8, 4) is 5.88 Å². The van der Waals surface area contributed by atoms with E-state index in [0.29, 0.717) is 17.1 Å². The molecule has 0 fully saturated rings. The third kappa shape index (κ3) is 6.02. The third-order valence-corrected chi connectivity index (χ3v) is 3.87. The Morgan fingerprint density at radius 3 is 2.61 bits per heavy atom. The van der Waals surface area contributed by atoms with Crippen LogP contribution in [-0.4, -0.2) is 28.5 Å². The molecular weight excluding hydrogens is 397 g/mol. The molecule has 0 radical (unpaired) electrons. The first-order chi connectivity index (χ1) is 13.1. The summed E-state index contributed by atoms with van der Waals surface area (Å²) in [5.41, 5.74) is 0.132. The van der Waals surface area contributed by atoms with Crippen molar-refractivity contribution in [3.05, 3.63) is 52.2 Å². The Hall–Kier alpha value is -2.48. The fourth-order valence-electron chi connectivity index (χ4n) is 2.32. The van der Waals surface area contributed by atoms with Crippen LogP contribution in [0.5, 0.6) is 5.88 Å². The van der Waals surface area contributed by atoms with Crippen LogP contribution in [-0.2, 0) is 22.3 Å². The molecule has 0 aliphatic carbocycles. The summed E-state index contributed by atoms with van der Waals surface area (Å²) >= 11 is 6.03. The van der Waals surface area contributed by atoms with Crippen molar-refractivity contribution in [2.24, 2.45) is 0 Å². The van der Waals surface area contributed by atoms with Crippen LogP contribution >= 0.6 is 11.6 Å². The number of aromatic nitrogens is 2. The van der Waals surface area contributed by atoms with Crippen molar-refractivity contribution < 1.29 is 27.4 Å². The van der Waals surface area contributed by atoms with Crippen LogP contribution in [0.1, 0.15) is 37.6 Å². The van der Waals surface area contributed by atoms with Gasteiger partial charge in [-0.15, -0.1) is 5.10 Å². The molecule has 152 valence electrons. The van der Waals surface area contributed by atoms with Gasteiger partial charge in [-0.1, -0.05) is 17.7 Å². The van der Waals surface area contributed by atoms with Gasteiger partial charge in [0, 0.05) is 17.2 Å². The van der Waals surface area contributed by atoms with E-state index in [0.717, 1.165) is 12.1 Å². The number of hydrogen-bond acceptors (Lipinski definition) is 4. The minimum Gasteiger partial charge on any atom is -0.474 e. The molecule has 0 spiro atoms. The van der Waals surface area contributed by atoms with Crippen molar-refractivity contribution in [3.63, 3.8) is 0 Å². The lowest BCUT2D eigenvalue weighted by atomic mass is 10.1. The number of carbonyl (C=O) groups excluding carboxylic acids is 1. The summed E-state index contributed by atoms with van der Waals surface area (Å²) in [7, 11) is 0. The first kappa shape index (κ1) is 21.8. The molecule has 2 aromatic rings. The minimum atomic E-state index is -4.47. The van der Waals surface area contributed by atoms with Crippen LogP contribution in [0.4, 0.5) is 13.2 Å². The van der Waals surface area contributed by atoms with Crippen LogP contribution < -0.4 is 4.74 Å². The molecule has 0 unspecified atom stereocenters. The van der Waals surface area contributed by atoms with Gasteiger partial charge >= 0.3 is 12.1 Å². The highest BCUT2D eigenvalue weighted by molar-refractivity contribution is 6.31. The van der Waals surface area contributed by atoms with E-state index in [1.807, 2.05) is 13.8 Å². The Morgan fingerprint density at radius 1 is 1.32 bits per heavy atom. The van der Waals surface area contributed by atoms with Crippen LogP contribution in [0.25, 0.3) is 6.08 Å². The molecule has 0 saturated heterocycles. The van der Waals surface area contributed by atoms with Crippen molar-refractivity contribution in [2.45, 2.75) is 39.6 Å². The molecule has 0 amide bonds. The van der Waals surface area contributed by atoms with Gasteiger partial charge in [-0.25, -0.2) is 4.79 Å². The zero-order valence-electron chi connectivity index (χ0n) is 15.6. The molecule has 5 nitrogen and oxygen atoms in total. The lowest BCUT2D eigenvalue weighted by Gasteiger charge is -2.11. The summed E-state index contributed by atoms with van der Waals surface area (Å²) in [5.74, 6) is -0.198. The third-order valence-electron chi connectivity index (χ3n) is 3.52. The summed E-state index contributed by atoms with van der Waals surface area (Å²) < 4.78 is 50.3. The summed E-state index contributed by atoms with van der Waals surface area (Å²) in [6, 6.07) is 4.76. The average molecular weight is 417 g/mol. The number of esters is 1. The summed E-state index contributed by atoms with van der Waals surface area (Å²) in [4.78, 5) is 11.6. The van der Waals surface area contributed by atoms with Crippen molar-refractivity contribution in [1.29, 1.82) is 0 Å². The number of halogens is 4. The topological polar surface area (TPSA) is 53.4 Å². The maximum Gasteiger partial charge on any atom is 0.416 e. The number of carbonyl (C=O) groups is 1. The van der Waals surface area contributed by atoms with Gasteiger partial charge < -0.3 is 9.47 Å². The van der Waals surface area contributed by atoms with Gasteiger partial charge in [-0.3, -0.25) is 4.68 Å². The second-order valence-corrected chi connectivity index (χ2v) is 6.53. The van der Waals surface area contributed by atoms with Crippen molar-refractivity contribution >= 4 is 23.6 Å². The van der Waals surface area contributed by atoms with E-state index in [-0.39, 0.29) is 24.3 Å². The number of alkyl halides is 3. The van der Waals surface area contributed by atoms with Gasteiger partial charge in [0.15, 0.2) is 0 Å². The van der Waals surface area contributed by atoms with Crippen molar-refractivity contribution in [2.75, 3.05) is 6.61 Å². The molecule has 0 bridgehead atoms. The Kier molecular flexibility index (Phi) is 7.12. The monoisotopic (exact) mass is 416 g/mol. The van der Waals surface area contributed by atoms with E-state index in [9.17, 15) is 18.0 Å². The molecule has 1 heterocycles. The zero-order valence-corrected chi connectivity index (χ0v) is 16.3. The lowest BCUT2D eigenvalue weighted by Crippen LogP contribution is -2.09. The maximum atomic E-state index is 12.8. The lowest BCUT2D eigenvalue weighted by molar-refractivity contribution is -0.138. The molecule has 1 aromatic carbocycles. The van der Waals surface area contributed by atoms with Gasteiger partial charge in [0.2, 0.25) is 5.88 Å². The molecule has 0 saturated carbocycles. The van der Waals surface area contributed by atoms with Crippen LogP contribution in [0.3, 0.4) is 0 Å². The zero-order chi connectivity index (χ0) is 20.9. The summed E-state index contributed by atoms with van der Waals surface area (Å²) in [6.07, 6.45) is -1.86. The molecule has 9 heteroatoms. The predicted octanol–water partition coefficient (Wildman–Crippen LogP) is 4.97. The van der Waals surface area contributed by atoms with Gasteiger partial charge in [-0.2, -0.15) is 13.2 Å². The molecule has 0 aliphatic heterocycles. The van der Waals surface area contributed by atoms with Gasteiger partial charge in [0.25, 0.3) is 0 Å².